The summed E-state index contributed by atoms with van der Waals surface area (Å²) < 4.78 is 8.87. The predicted octanol–water partition coefficient (Wildman–Crippen LogP) is 4.99. The lowest BCUT2D eigenvalue weighted by Gasteiger charge is -2.13. The molecule has 6 nitrogen and oxygen atoms in total. The number of halogens is 1. The molecule has 0 aliphatic carbocycles. The fourth-order valence-corrected chi connectivity index (χ4v) is 4.48. The van der Waals surface area contributed by atoms with Gasteiger partial charge in [0.2, 0.25) is 0 Å². The number of imidazole rings is 1. The van der Waals surface area contributed by atoms with Gasteiger partial charge in [0.15, 0.2) is 5.16 Å². The van der Waals surface area contributed by atoms with Crippen molar-refractivity contribution in [3.63, 3.8) is 0 Å². The van der Waals surface area contributed by atoms with Crippen LogP contribution in [0.3, 0.4) is 0 Å². The lowest BCUT2D eigenvalue weighted by atomic mass is 10.2. The smallest absolute Gasteiger partial charge is 0.266 e. The Hall–Kier alpha value is -3.29. The van der Waals surface area contributed by atoms with Crippen molar-refractivity contribution < 1.29 is 4.74 Å². The van der Waals surface area contributed by atoms with E-state index >= 15 is 0 Å². The van der Waals surface area contributed by atoms with Gasteiger partial charge in [-0.3, -0.25) is 9.36 Å². The highest BCUT2D eigenvalue weighted by Crippen LogP contribution is 2.26. The minimum absolute atomic E-state index is 0.122. The van der Waals surface area contributed by atoms with Crippen molar-refractivity contribution in [2.45, 2.75) is 10.9 Å². The number of methoxy groups -OCH3 is 1. The van der Waals surface area contributed by atoms with Crippen LogP contribution in [0.25, 0.3) is 22.2 Å². The number of rotatable bonds is 5. The lowest BCUT2D eigenvalue weighted by Crippen LogP contribution is -2.21. The van der Waals surface area contributed by atoms with Gasteiger partial charge in [0.1, 0.15) is 11.4 Å². The summed E-state index contributed by atoms with van der Waals surface area (Å²) >= 11 is 7.53. The van der Waals surface area contributed by atoms with Gasteiger partial charge < -0.3 is 9.14 Å². The Morgan fingerprint density at radius 1 is 1.03 bits per heavy atom. The van der Waals surface area contributed by atoms with Crippen molar-refractivity contribution in [2.24, 2.45) is 0 Å². The van der Waals surface area contributed by atoms with E-state index in [4.69, 9.17) is 21.3 Å². The fraction of sp³-hybridized carbons (Fsp3) is 0.0870. The van der Waals surface area contributed by atoms with Gasteiger partial charge in [-0.05, 0) is 36.4 Å². The summed E-state index contributed by atoms with van der Waals surface area (Å²) in [4.78, 5) is 22.8. The molecule has 0 unspecified atom stereocenters. The molecule has 0 amide bonds. The summed E-state index contributed by atoms with van der Waals surface area (Å²) in [6.45, 7) is 0. The van der Waals surface area contributed by atoms with Gasteiger partial charge in [0.25, 0.3) is 5.56 Å². The molecule has 0 aliphatic heterocycles. The van der Waals surface area contributed by atoms with Crippen molar-refractivity contribution in [1.82, 2.24) is 18.9 Å². The second-order valence-corrected chi connectivity index (χ2v) is 8.27. The molecule has 2 aromatic carbocycles. The number of para-hydroxylation sites is 1. The molecule has 31 heavy (non-hydrogen) atoms. The Morgan fingerprint density at radius 3 is 2.77 bits per heavy atom. The molecule has 3 aromatic heterocycles. The first-order valence-corrected chi connectivity index (χ1v) is 10.9. The van der Waals surface area contributed by atoms with E-state index < -0.39 is 0 Å². The summed E-state index contributed by atoms with van der Waals surface area (Å²) in [6, 6.07) is 18.5. The fourth-order valence-electron chi connectivity index (χ4n) is 3.41. The van der Waals surface area contributed by atoms with Gasteiger partial charge in [-0.1, -0.05) is 41.6 Å². The lowest BCUT2D eigenvalue weighted by molar-refractivity contribution is 0.414. The Balaban J connectivity index is 1.59. The van der Waals surface area contributed by atoms with Gasteiger partial charge in [-0.25, -0.2) is 9.97 Å². The van der Waals surface area contributed by atoms with Crippen LogP contribution in [0.5, 0.6) is 5.75 Å². The second kappa shape index (κ2) is 8.09. The maximum atomic E-state index is 13.4. The summed E-state index contributed by atoms with van der Waals surface area (Å²) in [7, 11) is 1.60. The van der Waals surface area contributed by atoms with Crippen LogP contribution in [0.4, 0.5) is 0 Å². The van der Waals surface area contributed by atoms with Gasteiger partial charge >= 0.3 is 0 Å². The summed E-state index contributed by atoms with van der Waals surface area (Å²) in [5.74, 6) is 1.22. The summed E-state index contributed by atoms with van der Waals surface area (Å²) in [5.41, 5.74) is 2.93. The average molecular weight is 449 g/mol. The van der Waals surface area contributed by atoms with Crippen molar-refractivity contribution in [2.75, 3.05) is 7.11 Å². The van der Waals surface area contributed by atoms with Gasteiger partial charge in [0, 0.05) is 24.2 Å². The number of hydrogen-bond donors (Lipinski definition) is 0. The zero-order valence-electron chi connectivity index (χ0n) is 16.5. The Kier molecular flexibility index (Phi) is 5.13. The minimum atomic E-state index is -0.122. The molecule has 0 spiro atoms. The number of ether oxygens (including phenoxy) is 1. The number of aromatic nitrogens is 4. The van der Waals surface area contributed by atoms with Gasteiger partial charge in [0.05, 0.1) is 34.4 Å². The van der Waals surface area contributed by atoms with E-state index in [2.05, 4.69) is 4.98 Å². The number of thioether (sulfide) groups is 1. The predicted molar refractivity (Wildman–Crippen MR) is 124 cm³/mol. The zero-order chi connectivity index (χ0) is 21.4. The Bertz CT molecular complexity index is 1480. The maximum absolute atomic E-state index is 13.4. The molecule has 0 saturated carbocycles. The molecule has 0 radical (unpaired) electrons. The van der Waals surface area contributed by atoms with E-state index in [0.29, 0.717) is 38.3 Å². The number of benzene rings is 2. The standard InChI is InChI=1S/C23H17ClN4O2S/c1-30-18-6-4-5-17(11-18)28-22(29)19-7-2-3-8-20(19)26-23(28)31-14-16-13-27-12-15(24)9-10-21(27)25-16/h2-13H,14H2,1H3. The van der Waals surface area contributed by atoms with Crippen LogP contribution in [0.15, 0.2) is 83.0 Å². The van der Waals surface area contributed by atoms with E-state index in [-0.39, 0.29) is 5.56 Å². The van der Waals surface area contributed by atoms with E-state index in [9.17, 15) is 4.79 Å². The quantitative estimate of drug-likeness (QED) is 0.280. The monoisotopic (exact) mass is 448 g/mol. The first-order valence-electron chi connectivity index (χ1n) is 9.54. The minimum Gasteiger partial charge on any atom is -0.497 e. The van der Waals surface area contributed by atoms with Crippen molar-refractivity contribution >= 4 is 39.9 Å². The average Bonchev–Trinajstić information content (AvgIpc) is 3.20. The molecule has 0 saturated heterocycles. The molecule has 3 heterocycles. The SMILES string of the molecule is COc1cccc(-n2c(SCc3cn4cc(Cl)ccc4n3)nc3ccccc3c2=O)c1. The molecular weight excluding hydrogens is 432 g/mol. The molecule has 5 rings (SSSR count). The Labute approximate surface area is 187 Å². The van der Waals surface area contributed by atoms with Crippen LogP contribution in [-0.4, -0.2) is 26.0 Å². The van der Waals surface area contributed by atoms with Crippen LogP contribution in [-0.2, 0) is 5.75 Å². The zero-order valence-corrected chi connectivity index (χ0v) is 18.1. The third-order valence-electron chi connectivity index (χ3n) is 4.87. The van der Waals surface area contributed by atoms with Crippen LogP contribution in [0, 0.1) is 0 Å². The third kappa shape index (κ3) is 3.78. The van der Waals surface area contributed by atoms with Crippen molar-refractivity contribution in [1.29, 1.82) is 0 Å². The van der Waals surface area contributed by atoms with E-state index in [1.807, 2.05) is 71.4 Å². The molecule has 0 atom stereocenters. The molecule has 5 aromatic rings. The number of hydrogen-bond acceptors (Lipinski definition) is 5. The first kappa shape index (κ1) is 19.7. The molecule has 0 bridgehead atoms. The van der Waals surface area contributed by atoms with E-state index in [0.717, 1.165) is 11.3 Å². The molecule has 154 valence electrons. The van der Waals surface area contributed by atoms with E-state index in [1.54, 1.807) is 17.7 Å². The number of nitrogens with zero attached hydrogens (tertiary/aromatic N) is 4. The third-order valence-corrected chi connectivity index (χ3v) is 6.07. The maximum Gasteiger partial charge on any atom is 0.266 e. The van der Waals surface area contributed by atoms with Gasteiger partial charge in [-0.2, -0.15) is 0 Å². The summed E-state index contributed by atoms with van der Waals surface area (Å²) in [5, 5.41) is 1.80. The van der Waals surface area contributed by atoms with Crippen molar-refractivity contribution in [3.05, 3.63) is 94.1 Å². The van der Waals surface area contributed by atoms with Crippen molar-refractivity contribution in [3.8, 4) is 11.4 Å². The van der Waals surface area contributed by atoms with E-state index in [1.165, 1.54) is 11.8 Å². The van der Waals surface area contributed by atoms with Crippen LogP contribution >= 0.6 is 23.4 Å². The normalized spacial score (nSPS) is 11.3. The molecule has 0 aliphatic rings. The van der Waals surface area contributed by atoms with Crippen LogP contribution in [0.1, 0.15) is 5.69 Å². The number of pyridine rings is 1. The number of fused-ring (bicyclic) bond motifs is 2. The first-order chi connectivity index (χ1) is 15.1. The largest absolute Gasteiger partial charge is 0.497 e. The highest BCUT2D eigenvalue weighted by Gasteiger charge is 2.15. The highest BCUT2D eigenvalue weighted by atomic mass is 35.5. The van der Waals surface area contributed by atoms with Gasteiger partial charge in [-0.15, -0.1) is 0 Å². The molecule has 0 fully saturated rings. The second-order valence-electron chi connectivity index (χ2n) is 6.89. The molecule has 8 heteroatoms. The van der Waals surface area contributed by atoms with Crippen LogP contribution in [0.2, 0.25) is 5.02 Å². The topological polar surface area (TPSA) is 61.4 Å². The summed E-state index contributed by atoms with van der Waals surface area (Å²) in [6.07, 6.45) is 3.75. The molecule has 0 N–H and O–H groups in total. The molecular formula is C23H17ClN4O2S. The van der Waals surface area contributed by atoms with Crippen LogP contribution < -0.4 is 10.3 Å². The highest BCUT2D eigenvalue weighted by molar-refractivity contribution is 7.98. The Morgan fingerprint density at radius 2 is 1.90 bits per heavy atom.